The highest BCUT2D eigenvalue weighted by molar-refractivity contribution is 6.32. The Hall–Kier alpha value is -2.53. The molecular weight excluding hydrogens is 328 g/mol. The largest absolute Gasteiger partial charge is 0.495 e. The van der Waals surface area contributed by atoms with Gasteiger partial charge in [-0.2, -0.15) is 0 Å². The summed E-state index contributed by atoms with van der Waals surface area (Å²) in [6.07, 6.45) is 0.550. The van der Waals surface area contributed by atoms with Gasteiger partial charge in [0.15, 0.2) is 0 Å². The first-order valence-electron chi connectivity index (χ1n) is 7.59. The Balaban J connectivity index is 1.56. The molecule has 0 heterocycles. The minimum Gasteiger partial charge on any atom is -0.495 e. The van der Waals surface area contributed by atoms with Gasteiger partial charge in [-0.3, -0.25) is 9.59 Å². The van der Waals surface area contributed by atoms with Crippen molar-refractivity contribution in [3.05, 3.63) is 53.6 Å². The molecule has 0 bridgehead atoms. The number of hydrogen-bond donors (Lipinski definition) is 2. The van der Waals surface area contributed by atoms with E-state index in [0.717, 1.165) is 5.69 Å². The average molecular weight is 345 g/mol. The van der Waals surface area contributed by atoms with Crippen molar-refractivity contribution in [3.8, 4) is 5.75 Å². The van der Waals surface area contributed by atoms with Crippen molar-refractivity contribution in [2.24, 2.45) is 11.8 Å². The molecule has 124 valence electrons. The summed E-state index contributed by atoms with van der Waals surface area (Å²) in [6, 6.07) is 14.2. The standard InChI is InChI=1S/C18H17ClN2O3/c1-24-16-8-7-12(9-15(16)19)21-18(23)14-10-13(14)17(22)20-11-5-3-2-4-6-11/h2-9,13-14H,10H2,1H3,(H,20,22)(H,21,23). The summed E-state index contributed by atoms with van der Waals surface area (Å²) >= 11 is 6.04. The van der Waals surface area contributed by atoms with Crippen LogP contribution in [-0.2, 0) is 9.59 Å². The van der Waals surface area contributed by atoms with Crippen LogP contribution < -0.4 is 15.4 Å². The molecule has 2 aromatic rings. The molecule has 2 aromatic carbocycles. The van der Waals surface area contributed by atoms with Gasteiger partial charge in [0.25, 0.3) is 0 Å². The molecular formula is C18H17ClN2O3. The van der Waals surface area contributed by atoms with Crippen LogP contribution in [-0.4, -0.2) is 18.9 Å². The zero-order valence-corrected chi connectivity index (χ0v) is 13.8. The second kappa shape index (κ2) is 6.93. The quantitative estimate of drug-likeness (QED) is 0.871. The molecule has 1 fully saturated rings. The average Bonchev–Trinajstić information content (AvgIpc) is 3.37. The monoisotopic (exact) mass is 344 g/mol. The molecule has 0 aliphatic heterocycles. The molecule has 0 aromatic heterocycles. The molecule has 24 heavy (non-hydrogen) atoms. The van der Waals surface area contributed by atoms with Crippen LogP contribution in [0.15, 0.2) is 48.5 Å². The van der Waals surface area contributed by atoms with Crippen LogP contribution in [0.3, 0.4) is 0 Å². The fourth-order valence-electron chi connectivity index (χ4n) is 2.51. The smallest absolute Gasteiger partial charge is 0.228 e. The second-order valence-electron chi connectivity index (χ2n) is 5.64. The Morgan fingerprint density at radius 2 is 1.62 bits per heavy atom. The summed E-state index contributed by atoms with van der Waals surface area (Å²) in [5.74, 6) is -0.367. The molecule has 2 N–H and O–H groups in total. The van der Waals surface area contributed by atoms with Crippen LogP contribution in [0.4, 0.5) is 11.4 Å². The van der Waals surface area contributed by atoms with E-state index in [9.17, 15) is 9.59 Å². The number of carbonyl (C=O) groups is 2. The van der Waals surface area contributed by atoms with Gasteiger partial charge in [0.05, 0.1) is 24.0 Å². The van der Waals surface area contributed by atoms with Gasteiger partial charge < -0.3 is 15.4 Å². The van der Waals surface area contributed by atoms with Crippen molar-refractivity contribution in [2.45, 2.75) is 6.42 Å². The highest BCUT2D eigenvalue weighted by Gasteiger charge is 2.48. The maximum absolute atomic E-state index is 12.2. The van der Waals surface area contributed by atoms with E-state index in [1.165, 1.54) is 7.11 Å². The third-order valence-electron chi connectivity index (χ3n) is 3.92. The number of nitrogens with one attached hydrogen (secondary N) is 2. The predicted molar refractivity (Wildman–Crippen MR) is 93.3 cm³/mol. The number of anilines is 2. The first-order valence-corrected chi connectivity index (χ1v) is 7.96. The van der Waals surface area contributed by atoms with E-state index in [-0.39, 0.29) is 23.7 Å². The van der Waals surface area contributed by atoms with Gasteiger partial charge in [0.1, 0.15) is 5.75 Å². The van der Waals surface area contributed by atoms with E-state index in [4.69, 9.17) is 16.3 Å². The molecule has 5 nitrogen and oxygen atoms in total. The van der Waals surface area contributed by atoms with Gasteiger partial charge in [-0.15, -0.1) is 0 Å². The van der Waals surface area contributed by atoms with Gasteiger partial charge in [0.2, 0.25) is 11.8 Å². The summed E-state index contributed by atoms with van der Waals surface area (Å²) in [5, 5.41) is 6.03. The number of hydrogen-bond acceptors (Lipinski definition) is 3. The molecule has 1 aliphatic rings. The predicted octanol–water partition coefficient (Wildman–Crippen LogP) is 3.56. The number of ether oxygens (including phenoxy) is 1. The normalized spacial score (nSPS) is 18.6. The number of amides is 2. The second-order valence-corrected chi connectivity index (χ2v) is 6.05. The minimum atomic E-state index is -0.311. The van der Waals surface area contributed by atoms with E-state index in [0.29, 0.717) is 22.9 Å². The van der Waals surface area contributed by atoms with E-state index < -0.39 is 0 Å². The Bertz CT molecular complexity index is 764. The van der Waals surface area contributed by atoms with E-state index in [2.05, 4.69) is 10.6 Å². The molecule has 1 saturated carbocycles. The minimum absolute atomic E-state index is 0.130. The number of benzene rings is 2. The van der Waals surface area contributed by atoms with Crippen LogP contribution in [0, 0.1) is 11.8 Å². The van der Waals surface area contributed by atoms with Crippen LogP contribution in [0.1, 0.15) is 6.42 Å². The third-order valence-corrected chi connectivity index (χ3v) is 4.22. The summed E-state index contributed by atoms with van der Waals surface area (Å²) in [5.41, 5.74) is 1.32. The van der Waals surface area contributed by atoms with E-state index in [1.54, 1.807) is 18.2 Å². The summed E-state index contributed by atoms with van der Waals surface area (Å²) in [4.78, 5) is 24.4. The van der Waals surface area contributed by atoms with Crippen molar-refractivity contribution >= 4 is 34.8 Å². The van der Waals surface area contributed by atoms with Crippen molar-refractivity contribution in [1.82, 2.24) is 0 Å². The molecule has 0 saturated heterocycles. The molecule has 2 amide bonds. The van der Waals surface area contributed by atoms with Crippen LogP contribution in [0.5, 0.6) is 5.75 Å². The molecule has 0 spiro atoms. The third kappa shape index (κ3) is 3.68. The number of para-hydroxylation sites is 1. The zero-order chi connectivity index (χ0) is 17.1. The SMILES string of the molecule is COc1ccc(NC(=O)C2CC2C(=O)Nc2ccccc2)cc1Cl. The van der Waals surface area contributed by atoms with Crippen molar-refractivity contribution in [3.63, 3.8) is 0 Å². The molecule has 6 heteroatoms. The molecule has 1 aliphatic carbocycles. The molecule has 2 unspecified atom stereocenters. The van der Waals surface area contributed by atoms with Crippen LogP contribution >= 0.6 is 11.6 Å². The van der Waals surface area contributed by atoms with Gasteiger partial charge in [-0.1, -0.05) is 29.8 Å². The number of rotatable bonds is 5. The van der Waals surface area contributed by atoms with Crippen LogP contribution in [0.2, 0.25) is 5.02 Å². The van der Waals surface area contributed by atoms with Gasteiger partial charge >= 0.3 is 0 Å². The maximum Gasteiger partial charge on any atom is 0.228 e. The Morgan fingerprint density at radius 3 is 2.21 bits per heavy atom. The fourth-order valence-corrected chi connectivity index (χ4v) is 2.77. The van der Waals surface area contributed by atoms with E-state index in [1.807, 2.05) is 30.3 Å². The maximum atomic E-state index is 12.2. The molecule has 2 atom stereocenters. The Morgan fingerprint density at radius 1 is 1.00 bits per heavy atom. The zero-order valence-electron chi connectivity index (χ0n) is 13.1. The number of halogens is 1. The lowest BCUT2D eigenvalue weighted by molar-refractivity contribution is -0.122. The lowest BCUT2D eigenvalue weighted by Gasteiger charge is -2.08. The lowest BCUT2D eigenvalue weighted by Crippen LogP contribution is -2.20. The van der Waals surface area contributed by atoms with Crippen LogP contribution in [0.25, 0.3) is 0 Å². The first kappa shape index (κ1) is 16.3. The van der Waals surface area contributed by atoms with Crippen molar-refractivity contribution in [1.29, 1.82) is 0 Å². The number of carbonyl (C=O) groups excluding carboxylic acids is 2. The van der Waals surface area contributed by atoms with Crippen molar-refractivity contribution < 1.29 is 14.3 Å². The Labute approximate surface area is 145 Å². The molecule has 0 radical (unpaired) electrons. The molecule has 3 rings (SSSR count). The lowest BCUT2D eigenvalue weighted by atomic mass is 10.2. The highest BCUT2D eigenvalue weighted by Crippen LogP contribution is 2.40. The van der Waals surface area contributed by atoms with E-state index >= 15 is 0 Å². The first-order chi connectivity index (χ1) is 11.6. The van der Waals surface area contributed by atoms with Gasteiger partial charge in [0, 0.05) is 11.4 Å². The van der Waals surface area contributed by atoms with Gasteiger partial charge in [-0.05, 0) is 36.8 Å². The van der Waals surface area contributed by atoms with Gasteiger partial charge in [-0.25, -0.2) is 0 Å². The summed E-state index contributed by atoms with van der Waals surface area (Å²) in [6.45, 7) is 0. The highest BCUT2D eigenvalue weighted by atomic mass is 35.5. The Kier molecular flexibility index (Phi) is 4.71. The van der Waals surface area contributed by atoms with Crippen molar-refractivity contribution in [2.75, 3.05) is 17.7 Å². The fraction of sp³-hybridized carbons (Fsp3) is 0.222. The topological polar surface area (TPSA) is 67.4 Å². The summed E-state index contributed by atoms with van der Waals surface area (Å²) in [7, 11) is 1.53. The summed E-state index contributed by atoms with van der Waals surface area (Å²) < 4.78 is 5.07. The number of methoxy groups -OCH3 is 1.